The molecular weight excluding hydrogens is 322 g/mol. The van der Waals surface area contributed by atoms with Crippen molar-refractivity contribution in [1.82, 2.24) is 5.32 Å². The Kier molecular flexibility index (Phi) is 5.14. The largest absolute Gasteiger partial charge is 0.313 e. The standard InChI is InChI=1S/C15H12Cl2F3N/c1-21-14(5-8-4-9(16)2-3-11(8)17)15-12(19)6-10(18)7-13(15)20/h2-4,6-7,14,21H,5H2,1H3. The first-order valence-corrected chi connectivity index (χ1v) is 6.93. The molecule has 0 aliphatic heterocycles. The Morgan fingerprint density at radius 1 is 1.05 bits per heavy atom. The molecule has 6 heteroatoms. The van der Waals surface area contributed by atoms with E-state index in [1.54, 1.807) is 25.2 Å². The van der Waals surface area contributed by atoms with Crippen molar-refractivity contribution in [2.45, 2.75) is 12.5 Å². The lowest BCUT2D eigenvalue weighted by atomic mass is 9.98. The molecule has 0 aliphatic rings. The van der Waals surface area contributed by atoms with Gasteiger partial charge in [-0.25, -0.2) is 13.2 Å². The fraction of sp³-hybridized carbons (Fsp3) is 0.200. The number of benzene rings is 2. The van der Waals surface area contributed by atoms with Crippen molar-refractivity contribution in [2.75, 3.05) is 7.05 Å². The van der Waals surface area contributed by atoms with E-state index < -0.39 is 23.5 Å². The van der Waals surface area contributed by atoms with E-state index in [-0.39, 0.29) is 12.0 Å². The monoisotopic (exact) mass is 333 g/mol. The highest BCUT2D eigenvalue weighted by molar-refractivity contribution is 6.33. The zero-order valence-electron chi connectivity index (χ0n) is 11.1. The molecule has 0 heterocycles. The van der Waals surface area contributed by atoms with E-state index in [0.29, 0.717) is 27.7 Å². The second-order valence-electron chi connectivity index (χ2n) is 4.56. The van der Waals surface area contributed by atoms with Gasteiger partial charge < -0.3 is 5.32 Å². The minimum absolute atomic E-state index is 0.218. The molecule has 0 saturated carbocycles. The SMILES string of the molecule is CNC(Cc1cc(Cl)ccc1Cl)c1c(F)cc(F)cc1F. The molecule has 0 bridgehead atoms. The van der Waals surface area contributed by atoms with Crippen LogP contribution in [0, 0.1) is 17.5 Å². The van der Waals surface area contributed by atoms with Crippen LogP contribution in [0.5, 0.6) is 0 Å². The van der Waals surface area contributed by atoms with E-state index in [2.05, 4.69) is 5.32 Å². The van der Waals surface area contributed by atoms with Crippen LogP contribution in [0.1, 0.15) is 17.2 Å². The molecule has 0 radical (unpaired) electrons. The van der Waals surface area contributed by atoms with Crippen molar-refractivity contribution in [3.8, 4) is 0 Å². The Bertz CT molecular complexity index is 638. The van der Waals surface area contributed by atoms with Crippen LogP contribution in [0.3, 0.4) is 0 Å². The van der Waals surface area contributed by atoms with Crippen molar-refractivity contribution in [3.05, 3.63) is 69.0 Å². The van der Waals surface area contributed by atoms with Gasteiger partial charge in [0.15, 0.2) is 0 Å². The minimum Gasteiger partial charge on any atom is -0.313 e. The predicted octanol–water partition coefficient (Wildman–Crippen LogP) is 4.91. The molecule has 1 nitrogen and oxygen atoms in total. The van der Waals surface area contributed by atoms with E-state index in [1.807, 2.05) is 0 Å². The Morgan fingerprint density at radius 3 is 2.24 bits per heavy atom. The summed E-state index contributed by atoms with van der Waals surface area (Å²) in [5.41, 5.74) is 0.418. The lowest BCUT2D eigenvalue weighted by Gasteiger charge is -2.19. The maximum Gasteiger partial charge on any atom is 0.133 e. The minimum atomic E-state index is -0.954. The first kappa shape index (κ1) is 16.1. The Balaban J connectivity index is 2.39. The quantitative estimate of drug-likeness (QED) is 0.837. The number of hydrogen-bond donors (Lipinski definition) is 1. The summed E-state index contributed by atoms with van der Waals surface area (Å²) in [6, 6.07) is 5.49. The lowest BCUT2D eigenvalue weighted by Crippen LogP contribution is -2.22. The lowest BCUT2D eigenvalue weighted by molar-refractivity contribution is 0.475. The van der Waals surface area contributed by atoms with Crippen LogP contribution in [0.25, 0.3) is 0 Å². The number of likely N-dealkylation sites (N-methyl/N-ethyl adjacent to an activating group) is 1. The third-order valence-electron chi connectivity index (χ3n) is 3.17. The molecule has 0 amide bonds. The van der Waals surface area contributed by atoms with E-state index in [0.717, 1.165) is 0 Å². The molecule has 2 aromatic carbocycles. The third kappa shape index (κ3) is 3.70. The van der Waals surface area contributed by atoms with Crippen LogP contribution in [0.4, 0.5) is 13.2 Å². The number of halogens is 5. The van der Waals surface area contributed by atoms with Crippen molar-refractivity contribution in [2.24, 2.45) is 0 Å². The summed E-state index contributed by atoms with van der Waals surface area (Å²) in [5.74, 6) is -2.83. The van der Waals surface area contributed by atoms with Crippen LogP contribution >= 0.6 is 23.2 Å². The van der Waals surface area contributed by atoms with Crippen LogP contribution in [0.15, 0.2) is 30.3 Å². The maximum absolute atomic E-state index is 13.9. The zero-order valence-corrected chi connectivity index (χ0v) is 12.6. The Morgan fingerprint density at radius 2 is 1.67 bits per heavy atom. The molecule has 1 unspecified atom stereocenters. The van der Waals surface area contributed by atoms with Gasteiger partial charge in [-0.15, -0.1) is 0 Å². The summed E-state index contributed by atoms with van der Waals surface area (Å²) < 4.78 is 40.7. The van der Waals surface area contributed by atoms with Gasteiger partial charge in [-0.3, -0.25) is 0 Å². The average molecular weight is 334 g/mol. The topological polar surface area (TPSA) is 12.0 Å². The van der Waals surface area contributed by atoms with Gasteiger partial charge >= 0.3 is 0 Å². The normalized spacial score (nSPS) is 12.5. The second kappa shape index (κ2) is 6.69. The first-order valence-electron chi connectivity index (χ1n) is 6.18. The van der Waals surface area contributed by atoms with Crippen LogP contribution in [-0.4, -0.2) is 7.05 Å². The fourth-order valence-electron chi connectivity index (χ4n) is 2.15. The molecule has 0 aromatic heterocycles. The Hall–Kier alpha value is -1.23. The summed E-state index contributed by atoms with van der Waals surface area (Å²) in [6.45, 7) is 0. The summed E-state index contributed by atoms with van der Waals surface area (Å²) in [6.07, 6.45) is 0.218. The molecule has 0 saturated heterocycles. The van der Waals surface area contributed by atoms with Crippen LogP contribution in [0.2, 0.25) is 10.0 Å². The summed E-state index contributed by atoms with van der Waals surface area (Å²) in [7, 11) is 1.56. The van der Waals surface area contributed by atoms with Gasteiger partial charge in [0.25, 0.3) is 0 Å². The highest BCUT2D eigenvalue weighted by atomic mass is 35.5. The fourth-order valence-corrected chi connectivity index (χ4v) is 2.54. The first-order chi connectivity index (χ1) is 9.92. The van der Waals surface area contributed by atoms with Crippen molar-refractivity contribution in [1.29, 1.82) is 0 Å². The number of rotatable bonds is 4. The second-order valence-corrected chi connectivity index (χ2v) is 5.41. The molecule has 2 aromatic rings. The van der Waals surface area contributed by atoms with Gasteiger partial charge in [0.2, 0.25) is 0 Å². The van der Waals surface area contributed by atoms with Gasteiger partial charge in [0, 0.05) is 33.8 Å². The van der Waals surface area contributed by atoms with Crippen LogP contribution < -0.4 is 5.32 Å². The third-order valence-corrected chi connectivity index (χ3v) is 3.78. The van der Waals surface area contributed by atoms with E-state index in [9.17, 15) is 13.2 Å². The van der Waals surface area contributed by atoms with Crippen molar-refractivity contribution >= 4 is 23.2 Å². The average Bonchev–Trinajstić information content (AvgIpc) is 2.40. The molecule has 0 aliphatic carbocycles. The molecule has 0 fully saturated rings. The van der Waals surface area contributed by atoms with Gasteiger partial charge in [0.05, 0.1) is 0 Å². The highest BCUT2D eigenvalue weighted by Gasteiger charge is 2.21. The van der Waals surface area contributed by atoms with E-state index >= 15 is 0 Å². The smallest absolute Gasteiger partial charge is 0.133 e. The molecule has 112 valence electrons. The maximum atomic E-state index is 13.9. The number of nitrogens with one attached hydrogen (secondary N) is 1. The number of hydrogen-bond acceptors (Lipinski definition) is 1. The molecule has 21 heavy (non-hydrogen) atoms. The van der Waals surface area contributed by atoms with Gasteiger partial charge in [-0.2, -0.15) is 0 Å². The molecule has 2 rings (SSSR count). The highest BCUT2D eigenvalue weighted by Crippen LogP contribution is 2.29. The van der Waals surface area contributed by atoms with Gasteiger partial charge in [-0.1, -0.05) is 23.2 Å². The van der Waals surface area contributed by atoms with Crippen molar-refractivity contribution in [3.63, 3.8) is 0 Å². The molecule has 0 spiro atoms. The molecule has 1 atom stereocenters. The summed E-state index contributed by atoms with van der Waals surface area (Å²) in [5, 5.41) is 3.73. The van der Waals surface area contributed by atoms with Gasteiger partial charge in [0.1, 0.15) is 17.5 Å². The van der Waals surface area contributed by atoms with Crippen LogP contribution in [-0.2, 0) is 6.42 Å². The predicted molar refractivity (Wildman–Crippen MR) is 78.3 cm³/mol. The Labute approximate surface area is 130 Å². The zero-order chi connectivity index (χ0) is 15.6. The molecule has 1 N–H and O–H groups in total. The molecular formula is C15H12Cl2F3N. The van der Waals surface area contributed by atoms with E-state index in [4.69, 9.17) is 23.2 Å². The summed E-state index contributed by atoms with van der Waals surface area (Å²) >= 11 is 12.0. The van der Waals surface area contributed by atoms with Crippen molar-refractivity contribution < 1.29 is 13.2 Å². The summed E-state index contributed by atoms with van der Waals surface area (Å²) in [4.78, 5) is 0. The van der Waals surface area contributed by atoms with E-state index in [1.165, 1.54) is 0 Å². The van der Waals surface area contributed by atoms with Gasteiger partial charge in [-0.05, 0) is 37.2 Å².